The van der Waals surface area contributed by atoms with E-state index in [1.165, 1.54) is 35.2 Å². The number of thioether (sulfide) groups is 1. The molecule has 0 radical (unpaired) electrons. The fourth-order valence-corrected chi connectivity index (χ4v) is 4.82. The van der Waals surface area contributed by atoms with Gasteiger partial charge < -0.3 is 20.4 Å². The first-order chi connectivity index (χ1) is 14.3. The Bertz CT molecular complexity index is 1030. The number of piperidine rings is 1. The molecule has 0 aliphatic carbocycles. The van der Waals surface area contributed by atoms with E-state index in [9.17, 15) is 19.4 Å². The molecule has 10 heteroatoms. The topological polar surface area (TPSA) is 98.1 Å². The quantitative estimate of drug-likeness (QED) is 0.622. The number of amidine groups is 1. The van der Waals surface area contributed by atoms with Crippen molar-refractivity contribution in [2.24, 2.45) is 4.99 Å². The molecule has 0 bridgehead atoms. The number of aromatic nitrogens is 1. The first-order valence-electron chi connectivity index (χ1n) is 9.43. The fourth-order valence-electron chi connectivity index (χ4n) is 3.21. The van der Waals surface area contributed by atoms with E-state index in [4.69, 9.17) is 0 Å². The van der Waals surface area contributed by atoms with Crippen LogP contribution in [0.25, 0.3) is 16.6 Å². The van der Waals surface area contributed by atoms with Crippen molar-refractivity contribution in [2.75, 3.05) is 26.7 Å². The number of hydrogen-bond acceptors (Lipinski definition) is 8. The molecule has 2 saturated heterocycles. The van der Waals surface area contributed by atoms with Crippen molar-refractivity contribution in [1.82, 2.24) is 15.2 Å². The van der Waals surface area contributed by atoms with E-state index in [-0.39, 0.29) is 12.5 Å². The smallest absolute Gasteiger partial charge is 0.264 e. The number of likely N-dealkylation sites (tertiary alicyclic amines) is 1. The molecule has 7 nitrogen and oxygen atoms in total. The van der Waals surface area contributed by atoms with Crippen LogP contribution in [0.4, 0.5) is 4.39 Å². The van der Waals surface area contributed by atoms with E-state index < -0.39 is 17.2 Å². The average Bonchev–Trinajstić information content (AvgIpc) is 3.32. The number of para-hydroxylation sites is 1. The zero-order valence-corrected chi connectivity index (χ0v) is 17.9. The number of halogens is 1. The molecule has 2 fully saturated rings. The number of aliphatic imine (C=N–C) groups is 1. The number of carbonyl (C=O) groups is 1. The Kier molecular flexibility index (Phi) is 5.92. The molecule has 0 unspecified atom stereocenters. The molecular weight excluding hydrogens is 427 g/mol. The largest absolute Gasteiger partial charge is 0.504 e. The summed E-state index contributed by atoms with van der Waals surface area (Å²) in [5.41, 5.74) is 0.00178. The van der Waals surface area contributed by atoms with Crippen molar-refractivity contribution >= 4 is 40.2 Å². The van der Waals surface area contributed by atoms with Gasteiger partial charge in [0.2, 0.25) is 0 Å². The number of aliphatic hydroxyl groups is 1. The second kappa shape index (κ2) is 8.46. The van der Waals surface area contributed by atoms with Crippen LogP contribution in [0.2, 0.25) is 0 Å². The average molecular weight is 449 g/mol. The Morgan fingerprint density at radius 1 is 1.40 bits per heavy atom. The van der Waals surface area contributed by atoms with E-state index in [1.54, 1.807) is 17.5 Å². The minimum atomic E-state index is -0.839. The second-order valence-electron chi connectivity index (χ2n) is 7.43. The van der Waals surface area contributed by atoms with Crippen LogP contribution in [0, 0.1) is 5.82 Å². The Morgan fingerprint density at radius 2 is 2.17 bits per heavy atom. The van der Waals surface area contributed by atoms with Crippen LogP contribution >= 0.6 is 23.1 Å². The van der Waals surface area contributed by atoms with E-state index >= 15 is 0 Å². The molecule has 30 heavy (non-hydrogen) atoms. The van der Waals surface area contributed by atoms with Gasteiger partial charge in [-0.3, -0.25) is 9.79 Å². The molecule has 0 atom stereocenters. The van der Waals surface area contributed by atoms with Crippen LogP contribution in [0.3, 0.4) is 0 Å². The van der Waals surface area contributed by atoms with Crippen LogP contribution in [0.15, 0.2) is 33.5 Å². The van der Waals surface area contributed by atoms with Crippen molar-refractivity contribution in [3.8, 4) is 16.3 Å². The molecule has 4 rings (SSSR count). The third-order valence-corrected chi connectivity index (χ3v) is 6.95. The monoisotopic (exact) mass is 448 g/mol. The predicted molar refractivity (Wildman–Crippen MR) is 117 cm³/mol. The summed E-state index contributed by atoms with van der Waals surface area (Å²) in [6, 6.07) is 4.27. The number of rotatable bonds is 4. The summed E-state index contributed by atoms with van der Waals surface area (Å²) in [6.07, 6.45) is 2.93. The van der Waals surface area contributed by atoms with Crippen LogP contribution in [0.1, 0.15) is 18.5 Å². The first kappa shape index (κ1) is 21.0. The molecular formula is C20H21FN4O3S2. The van der Waals surface area contributed by atoms with Crippen LogP contribution in [-0.2, 0) is 4.79 Å². The van der Waals surface area contributed by atoms with Crippen molar-refractivity contribution < 1.29 is 19.4 Å². The van der Waals surface area contributed by atoms with Gasteiger partial charge in [-0.15, -0.1) is 11.3 Å². The molecule has 0 spiro atoms. The summed E-state index contributed by atoms with van der Waals surface area (Å²) in [4.78, 5) is 23.7. The third-order valence-electron chi connectivity index (χ3n) is 5.10. The van der Waals surface area contributed by atoms with Gasteiger partial charge in [-0.2, -0.15) is 0 Å². The lowest BCUT2D eigenvalue weighted by atomic mass is 9.92. The van der Waals surface area contributed by atoms with E-state index in [0.29, 0.717) is 39.2 Å². The van der Waals surface area contributed by atoms with E-state index in [1.807, 2.05) is 7.05 Å². The van der Waals surface area contributed by atoms with Crippen molar-refractivity contribution in [3.05, 3.63) is 40.0 Å². The number of carbonyl (C=O) groups excluding carboxylic acids is 1. The molecule has 158 valence electrons. The molecule has 2 aromatic rings. The van der Waals surface area contributed by atoms with Gasteiger partial charge >= 0.3 is 0 Å². The molecule has 2 aliphatic rings. The number of amides is 1. The highest BCUT2D eigenvalue weighted by Crippen LogP contribution is 2.34. The van der Waals surface area contributed by atoms with Gasteiger partial charge in [0, 0.05) is 18.5 Å². The Morgan fingerprint density at radius 3 is 2.93 bits per heavy atom. The summed E-state index contributed by atoms with van der Waals surface area (Å²) in [6.45, 7) is 1.88. The minimum absolute atomic E-state index is 0.246. The second-order valence-corrected chi connectivity index (χ2v) is 9.32. The van der Waals surface area contributed by atoms with Gasteiger partial charge in [-0.25, -0.2) is 9.37 Å². The standard InChI is InChI=1S/C20H21FN4O3S2/c1-25-7-5-20(28,6-8-25)11-22-19-24-17(27)15(30-19)9-12-10-29-18(23-12)13-3-2-4-14(21)16(13)26/h2-4,9-10,26,28H,5-8,11H2,1H3,(H,22,24,27)/b15-9+. The highest BCUT2D eigenvalue weighted by Gasteiger charge is 2.32. The Balaban J connectivity index is 1.46. The lowest BCUT2D eigenvalue weighted by molar-refractivity contribution is -0.115. The van der Waals surface area contributed by atoms with E-state index in [2.05, 4.69) is 20.2 Å². The van der Waals surface area contributed by atoms with Gasteiger partial charge in [0.15, 0.2) is 16.7 Å². The number of thiazole rings is 1. The minimum Gasteiger partial charge on any atom is -0.504 e. The van der Waals surface area contributed by atoms with Gasteiger partial charge in [0.1, 0.15) is 5.01 Å². The van der Waals surface area contributed by atoms with Crippen LogP contribution < -0.4 is 5.32 Å². The molecule has 1 amide bonds. The first-order valence-corrected chi connectivity index (χ1v) is 11.1. The zero-order chi connectivity index (χ0) is 21.3. The zero-order valence-electron chi connectivity index (χ0n) is 16.3. The highest BCUT2D eigenvalue weighted by molar-refractivity contribution is 8.18. The summed E-state index contributed by atoms with van der Waals surface area (Å²) in [7, 11) is 2.02. The number of nitrogens with zero attached hydrogens (tertiary/aromatic N) is 3. The summed E-state index contributed by atoms with van der Waals surface area (Å²) in [5, 5.41) is 25.9. The lowest BCUT2D eigenvalue weighted by Crippen LogP contribution is -2.45. The Hall–Kier alpha value is -2.27. The van der Waals surface area contributed by atoms with Crippen LogP contribution in [0.5, 0.6) is 5.75 Å². The number of phenols is 1. The summed E-state index contributed by atoms with van der Waals surface area (Å²) >= 11 is 2.45. The molecule has 2 aliphatic heterocycles. The fraction of sp³-hybridized carbons (Fsp3) is 0.350. The maximum atomic E-state index is 13.6. The number of benzene rings is 1. The van der Waals surface area contributed by atoms with Crippen molar-refractivity contribution in [3.63, 3.8) is 0 Å². The number of aromatic hydroxyl groups is 1. The van der Waals surface area contributed by atoms with Crippen molar-refractivity contribution in [2.45, 2.75) is 18.4 Å². The maximum absolute atomic E-state index is 13.6. The van der Waals surface area contributed by atoms with Crippen LogP contribution in [-0.4, -0.2) is 63.5 Å². The molecule has 1 aromatic heterocycles. The van der Waals surface area contributed by atoms with Gasteiger partial charge in [0.25, 0.3) is 5.91 Å². The maximum Gasteiger partial charge on any atom is 0.264 e. The van der Waals surface area contributed by atoms with Gasteiger partial charge in [-0.1, -0.05) is 6.07 Å². The SMILES string of the molecule is CN1CCC(O)(CN=C2NC(=O)/C(=C\c3csc(-c4cccc(F)c4O)n3)S2)CC1. The highest BCUT2D eigenvalue weighted by atomic mass is 32.2. The Labute approximate surface area is 181 Å². The molecule has 3 heterocycles. The number of hydrogen-bond donors (Lipinski definition) is 3. The molecule has 1 aromatic carbocycles. The number of phenolic OH excluding ortho intramolecular Hbond substituents is 1. The van der Waals surface area contributed by atoms with Gasteiger partial charge in [-0.05, 0) is 49.9 Å². The molecule has 0 saturated carbocycles. The number of nitrogens with one attached hydrogen (secondary N) is 1. The molecule has 3 N–H and O–H groups in total. The predicted octanol–water partition coefficient (Wildman–Crippen LogP) is 2.67. The van der Waals surface area contributed by atoms with E-state index in [0.717, 1.165) is 13.1 Å². The third kappa shape index (κ3) is 4.56. The summed E-state index contributed by atoms with van der Waals surface area (Å²) in [5.74, 6) is -1.43. The lowest BCUT2D eigenvalue weighted by Gasteiger charge is -2.35. The van der Waals surface area contributed by atoms with Crippen molar-refractivity contribution in [1.29, 1.82) is 0 Å². The normalized spacial score (nSPS) is 22.0. The summed E-state index contributed by atoms with van der Waals surface area (Å²) < 4.78 is 13.6. The van der Waals surface area contributed by atoms with Gasteiger partial charge in [0.05, 0.1) is 28.3 Å².